The molecule has 2 aromatic heterocycles. The molecule has 0 radical (unpaired) electrons. The molecule has 0 aliphatic rings. The van der Waals surface area contributed by atoms with Gasteiger partial charge in [0.2, 0.25) is 6.08 Å². The Morgan fingerprint density at radius 2 is 1.28 bits per heavy atom. The Kier molecular flexibility index (Phi) is 11.7. The maximum Gasteiger partial charge on any atom is 0.252 e. The Morgan fingerprint density at radius 3 is 1.58 bits per heavy atom. The normalized spacial score (nSPS) is 14.6. The zero-order valence-corrected chi connectivity index (χ0v) is 25.4. The molecule has 0 aliphatic heterocycles. The Hall–Kier alpha value is -1.44. The smallest absolute Gasteiger partial charge is 0.252 e. The number of isocyanates is 1. The summed E-state index contributed by atoms with van der Waals surface area (Å²) in [6.07, 6.45) is 1.52. The van der Waals surface area contributed by atoms with E-state index in [1.165, 1.54) is 44.4 Å². The minimum atomic E-state index is -3.51. The van der Waals surface area contributed by atoms with Crippen molar-refractivity contribution in [1.29, 1.82) is 0 Å². The van der Waals surface area contributed by atoms with Crippen molar-refractivity contribution in [2.75, 3.05) is 27.2 Å². The van der Waals surface area contributed by atoms with E-state index in [1.807, 2.05) is 41.5 Å². The van der Waals surface area contributed by atoms with Crippen molar-refractivity contribution in [3.63, 3.8) is 0 Å². The zero-order chi connectivity index (χ0) is 27.9. The summed E-state index contributed by atoms with van der Waals surface area (Å²) in [5.74, 6) is 0. The van der Waals surface area contributed by atoms with Crippen LogP contribution in [0.15, 0.2) is 48.4 Å². The van der Waals surface area contributed by atoms with Crippen LogP contribution < -0.4 is 5.73 Å². The van der Waals surface area contributed by atoms with Gasteiger partial charge in [-0.1, -0.05) is 53.7 Å². The van der Waals surface area contributed by atoms with Gasteiger partial charge in [-0.3, -0.25) is 0 Å². The minimum absolute atomic E-state index is 0.112. The lowest BCUT2D eigenvalue weighted by Gasteiger charge is -2.30. The van der Waals surface area contributed by atoms with Crippen molar-refractivity contribution >= 4 is 48.8 Å². The van der Waals surface area contributed by atoms with Crippen LogP contribution in [0.25, 0.3) is 0 Å². The second kappa shape index (κ2) is 12.9. The summed E-state index contributed by atoms with van der Waals surface area (Å²) in [4.78, 5) is 14.2. The molecule has 0 saturated heterocycles. The molecule has 0 bridgehead atoms. The SMILES string of the molecule is CN(C[C@@H](N)C(C)(C)C)S(=O)(=O)c1cccs1.CN(C[C@@H](N=C=O)C(C)(C)C)S(=O)(=O)c1cccs1. The first-order valence-electron chi connectivity index (χ1n) is 11.2. The molecule has 9 nitrogen and oxygen atoms in total. The van der Waals surface area contributed by atoms with Gasteiger partial charge in [-0.05, 0) is 33.7 Å². The Bertz CT molecular complexity index is 1190. The van der Waals surface area contributed by atoms with Crippen LogP contribution in [0.4, 0.5) is 0 Å². The quantitative estimate of drug-likeness (QED) is 0.355. The van der Waals surface area contributed by atoms with Crippen LogP contribution in [-0.4, -0.2) is 70.8 Å². The topological polar surface area (TPSA) is 130 Å². The van der Waals surface area contributed by atoms with Crippen LogP contribution in [-0.2, 0) is 24.8 Å². The summed E-state index contributed by atoms with van der Waals surface area (Å²) in [5, 5.41) is 3.47. The van der Waals surface area contributed by atoms with Crippen molar-refractivity contribution in [3.8, 4) is 0 Å². The monoisotopic (exact) mass is 578 g/mol. The van der Waals surface area contributed by atoms with Gasteiger partial charge in [0, 0.05) is 33.2 Å². The van der Waals surface area contributed by atoms with Crippen LogP contribution in [0.3, 0.4) is 0 Å². The predicted molar refractivity (Wildman–Crippen MR) is 147 cm³/mol. The summed E-state index contributed by atoms with van der Waals surface area (Å²) in [6, 6.07) is 5.97. The fourth-order valence-electron chi connectivity index (χ4n) is 2.69. The van der Waals surface area contributed by atoms with E-state index in [1.54, 1.807) is 42.1 Å². The van der Waals surface area contributed by atoms with Gasteiger partial charge in [0.05, 0.1) is 6.04 Å². The number of likely N-dealkylation sites (N-methyl/N-ethyl adjacent to an activating group) is 2. The van der Waals surface area contributed by atoms with E-state index in [-0.39, 0.29) is 27.6 Å². The van der Waals surface area contributed by atoms with Gasteiger partial charge < -0.3 is 5.73 Å². The summed E-state index contributed by atoms with van der Waals surface area (Å²) in [6.45, 7) is 12.2. The molecule has 0 aliphatic carbocycles. The standard InChI is InChI=1S/C12H18N2O3S2.C11H20N2O2S2/c1-12(2,3)10(13-9-15)8-14(4)19(16,17)11-6-5-7-18-11;1-11(2,3)9(12)8-13(4)17(14,15)10-6-5-7-16-10/h5-7,10H,8H2,1-4H3;5-7,9H,8,12H2,1-4H3/t10-;9-/m11/s1. The van der Waals surface area contributed by atoms with Crippen molar-refractivity contribution < 1.29 is 21.6 Å². The zero-order valence-electron chi connectivity index (χ0n) is 22.1. The van der Waals surface area contributed by atoms with Crippen molar-refractivity contribution in [2.45, 2.75) is 62.0 Å². The Morgan fingerprint density at radius 1 is 0.861 bits per heavy atom. The van der Waals surface area contributed by atoms with Crippen LogP contribution in [0.5, 0.6) is 0 Å². The average Bonchev–Trinajstić information content (AvgIpc) is 3.46. The van der Waals surface area contributed by atoms with Crippen molar-refractivity contribution in [3.05, 3.63) is 35.0 Å². The molecule has 2 rings (SSSR count). The molecule has 0 saturated carbocycles. The molecular weight excluding hydrogens is 541 g/mol. The minimum Gasteiger partial charge on any atom is -0.326 e. The number of rotatable bonds is 9. The predicted octanol–water partition coefficient (Wildman–Crippen LogP) is 3.86. The molecule has 2 atom stereocenters. The summed E-state index contributed by atoms with van der Waals surface area (Å²) in [5.41, 5.74) is 5.58. The second-order valence-electron chi connectivity index (χ2n) is 10.5. The first kappa shape index (κ1) is 32.6. The molecule has 204 valence electrons. The van der Waals surface area contributed by atoms with E-state index in [2.05, 4.69) is 4.99 Å². The van der Waals surface area contributed by atoms with Crippen LogP contribution in [0, 0.1) is 10.8 Å². The van der Waals surface area contributed by atoms with Gasteiger partial charge in [-0.25, -0.2) is 26.6 Å². The molecule has 2 heterocycles. The average molecular weight is 579 g/mol. The number of nitrogens with zero attached hydrogens (tertiary/aromatic N) is 3. The number of sulfonamides is 2. The van der Waals surface area contributed by atoms with Gasteiger partial charge >= 0.3 is 0 Å². The summed E-state index contributed by atoms with van der Waals surface area (Å²) < 4.78 is 52.0. The highest BCUT2D eigenvalue weighted by atomic mass is 32.3. The maximum atomic E-state index is 12.3. The third-order valence-corrected chi connectivity index (χ3v) is 11.9. The lowest BCUT2D eigenvalue weighted by atomic mass is 9.87. The molecule has 36 heavy (non-hydrogen) atoms. The number of carbonyl (C=O) groups excluding carboxylic acids is 1. The fourth-order valence-corrected chi connectivity index (χ4v) is 7.47. The highest BCUT2D eigenvalue weighted by Gasteiger charge is 2.31. The molecule has 0 fully saturated rings. The van der Waals surface area contributed by atoms with Crippen LogP contribution in [0.1, 0.15) is 41.5 Å². The number of nitrogens with two attached hydrogens (primary N) is 1. The maximum absolute atomic E-state index is 12.3. The van der Waals surface area contributed by atoms with Crippen molar-refractivity contribution in [1.82, 2.24) is 8.61 Å². The molecule has 0 amide bonds. The molecule has 0 spiro atoms. The number of thiophene rings is 2. The van der Waals surface area contributed by atoms with Gasteiger partial charge in [0.15, 0.2) is 0 Å². The van der Waals surface area contributed by atoms with E-state index in [9.17, 15) is 21.6 Å². The first-order chi connectivity index (χ1) is 16.3. The highest BCUT2D eigenvalue weighted by Crippen LogP contribution is 2.26. The van der Waals surface area contributed by atoms with E-state index in [4.69, 9.17) is 5.73 Å². The van der Waals surface area contributed by atoms with Crippen LogP contribution in [0.2, 0.25) is 0 Å². The van der Waals surface area contributed by atoms with Gasteiger partial charge in [0.1, 0.15) is 8.42 Å². The van der Waals surface area contributed by atoms with Crippen molar-refractivity contribution in [2.24, 2.45) is 21.6 Å². The van der Waals surface area contributed by atoms with Crippen LogP contribution >= 0.6 is 22.7 Å². The first-order valence-corrected chi connectivity index (χ1v) is 15.8. The van der Waals surface area contributed by atoms with E-state index in [0.29, 0.717) is 10.8 Å². The molecular formula is C23H38N4O5S4. The molecule has 2 N–H and O–H groups in total. The number of aliphatic imine (C=N–C) groups is 1. The largest absolute Gasteiger partial charge is 0.326 e. The lowest BCUT2D eigenvalue weighted by molar-refractivity contribution is 0.279. The van der Waals surface area contributed by atoms with E-state index >= 15 is 0 Å². The molecule has 13 heteroatoms. The highest BCUT2D eigenvalue weighted by molar-refractivity contribution is 7.91. The number of hydrogen-bond acceptors (Lipinski definition) is 9. The fraction of sp³-hybridized carbons (Fsp3) is 0.609. The van der Waals surface area contributed by atoms with Gasteiger partial charge in [0.25, 0.3) is 20.0 Å². The van der Waals surface area contributed by atoms with E-state index < -0.39 is 26.1 Å². The van der Waals surface area contributed by atoms with E-state index in [0.717, 1.165) is 0 Å². The summed E-state index contributed by atoms with van der Waals surface area (Å²) in [7, 11) is -3.82. The molecule has 2 aromatic rings. The molecule has 0 unspecified atom stereocenters. The third-order valence-electron chi connectivity index (χ3n) is 5.52. The van der Waals surface area contributed by atoms with Gasteiger partial charge in [-0.2, -0.15) is 8.61 Å². The molecule has 0 aromatic carbocycles. The Balaban J connectivity index is 0.000000362. The van der Waals surface area contributed by atoms with Gasteiger partial charge in [-0.15, -0.1) is 22.7 Å². The lowest BCUT2D eigenvalue weighted by Crippen LogP contribution is -2.45. The third kappa shape index (κ3) is 9.14. The summed E-state index contributed by atoms with van der Waals surface area (Å²) >= 11 is 2.39. The second-order valence-corrected chi connectivity index (χ2v) is 16.9. The Labute approximate surface area is 224 Å². The number of hydrogen-bond donors (Lipinski definition) is 1.